The average molecular weight is 293 g/mol. The minimum absolute atomic E-state index is 0.0736. The molecule has 1 fully saturated rings. The van der Waals surface area contributed by atoms with E-state index in [1.807, 2.05) is 27.1 Å². The molecule has 116 valence electrons. The van der Waals surface area contributed by atoms with E-state index < -0.39 is 0 Å². The summed E-state index contributed by atoms with van der Waals surface area (Å²) in [6.07, 6.45) is 1.24. The first kappa shape index (κ1) is 15.9. The van der Waals surface area contributed by atoms with Crippen LogP contribution >= 0.6 is 0 Å². The fourth-order valence-electron chi connectivity index (χ4n) is 2.72. The molecule has 1 saturated heterocycles. The highest BCUT2D eigenvalue weighted by molar-refractivity contribution is 5.84. The van der Waals surface area contributed by atoms with Gasteiger partial charge < -0.3 is 9.80 Å². The van der Waals surface area contributed by atoms with Crippen molar-refractivity contribution in [3.05, 3.63) is 35.6 Å². The molecule has 2 unspecified atom stereocenters. The number of rotatable bonds is 6. The van der Waals surface area contributed by atoms with Crippen LogP contribution < -0.4 is 5.32 Å². The van der Waals surface area contributed by atoms with Crippen molar-refractivity contribution in [1.29, 1.82) is 0 Å². The monoisotopic (exact) mass is 293 g/mol. The molecule has 2 atom stereocenters. The van der Waals surface area contributed by atoms with Crippen LogP contribution in [0.4, 0.5) is 4.39 Å². The molecular formula is C16H24FN3O. The summed E-state index contributed by atoms with van der Waals surface area (Å²) in [5, 5.41) is 3.26. The van der Waals surface area contributed by atoms with Crippen molar-refractivity contribution in [2.75, 3.05) is 27.2 Å². The fourth-order valence-corrected chi connectivity index (χ4v) is 2.72. The average Bonchev–Trinajstić information content (AvgIpc) is 2.76. The first-order valence-electron chi connectivity index (χ1n) is 7.50. The van der Waals surface area contributed by atoms with Gasteiger partial charge in [-0.1, -0.05) is 25.1 Å². The summed E-state index contributed by atoms with van der Waals surface area (Å²) in [4.78, 5) is 16.3. The molecule has 1 aromatic rings. The van der Waals surface area contributed by atoms with E-state index in [0.29, 0.717) is 18.5 Å². The molecule has 1 heterocycles. The zero-order chi connectivity index (χ0) is 15.4. The van der Waals surface area contributed by atoms with Gasteiger partial charge in [0.15, 0.2) is 0 Å². The van der Waals surface area contributed by atoms with Gasteiger partial charge in [0.2, 0.25) is 5.91 Å². The molecule has 0 aliphatic carbocycles. The Balaban J connectivity index is 2.16. The van der Waals surface area contributed by atoms with Crippen LogP contribution in [0.1, 0.15) is 31.5 Å². The maximum absolute atomic E-state index is 14.0. The largest absolute Gasteiger partial charge is 0.321 e. The van der Waals surface area contributed by atoms with Crippen molar-refractivity contribution in [2.45, 2.75) is 32.0 Å². The third-order valence-corrected chi connectivity index (χ3v) is 3.86. The standard InChI is InChI=1S/C16H24FN3O/c1-4-14-16(21)20(11-7-10-19(2)3)15(18-14)12-8-5-6-9-13(12)17/h5-6,8-9,14-15,18H,4,7,10-11H2,1-3H3. The Kier molecular flexibility index (Phi) is 5.31. The van der Waals surface area contributed by atoms with E-state index in [9.17, 15) is 9.18 Å². The summed E-state index contributed by atoms with van der Waals surface area (Å²) in [5.74, 6) is -0.193. The zero-order valence-corrected chi connectivity index (χ0v) is 13.0. The van der Waals surface area contributed by atoms with Gasteiger partial charge in [0, 0.05) is 12.1 Å². The summed E-state index contributed by atoms with van der Waals surface area (Å²) in [7, 11) is 4.01. The van der Waals surface area contributed by atoms with Crippen molar-refractivity contribution < 1.29 is 9.18 Å². The van der Waals surface area contributed by atoms with E-state index in [1.54, 1.807) is 17.0 Å². The van der Waals surface area contributed by atoms with Crippen molar-refractivity contribution in [1.82, 2.24) is 15.1 Å². The predicted molar refractivity (Wildman–Crippen MR) is 81.2 cm³/mol. The number of amides is 1. The lowest BCUT2D eigenvalue weighted by Gasteiger charge is -2.25. The van der Waals surface area contributed by atoms with Crippen molar-refractivity contribution in [3.63, 3.8) is 0 Å². The minimum Gasteiger partial charge on any atom is -0.321 e. The number of nitrogens with one attached hydrogen (secondary N) is 1. The number of halogens is 1. The van der Waals surface area contributed by atoms with Crippen molar-refractivity contribution >= 4 is 5.91 Å². The van der Waals surface area contributed by atoms with Gasteiger partial charge in [-0.05, 0) is 39.5 Å². The quantitative estimate of drug-likeness (QED) is 0.871. The summed E-state index contributed by atoms with van der Waals surface area (Å²) >= 11 is 0. The summed E-state index contributed by atoms with van der Waals surface area (Å²) < 4.78 is 14.0. The summed E-state index contributed by atoms with van der Waals surface area (Å²) in [5.41, 5.74) is 0.548. The molecule has 0 bridgehead atoms. The molecular weight excluding hydrogens is 269 g/mol. The highest BCUT2D eigenvalue weighted by Gasteiger charge is 2.39. The lowest BCUT2D eigenvalue weighted by molar-refractivity contribution is -0.130. The van der Waals surface area contributed by atoms with E-state index >= 15 is 0 Å². The highest BCUT2D eigenvalue weighted by Crippen LogP contribution is 2.28. The van der Waals surface area contributed by atoms with Gasteiger partial charge in [0.25, 0.3) is 0 Å². The van der Waals surface area contributed by atoms with Gasteiger partial charge in [0.1, 0.15) is 12.0 Å². The first-order valence-corrected chi connectivity index (χ1v) is 7.50. The Labute approximate surface area is 125 Å². The predicted octanol–water partition coefficient (Wildman–Crippen LogP) is 1.99. The van der Waals surface area contributed by atoms with E-state index in [-0.39, 0.29) is 23.9 Å². The Hall–Kier alpha value is -1.46. The van der Waals surface area contributed by atoms with Crippen LogP contribution in [0.2, 0.25) is 0 Å². The van der Waals surface area contributed by atoms with Crippen LogP contribution in [0.3, 0.4) is 0 Å². The van der Waals surface area contributed by atoms with E-state index in [0.717, 1.165) is 13.0 Å². The Morgan fingerprint density at radius 3 is 2.67 bits per heavy atom. The Morgan fingerprint density at radius 1 is 1.33 bits per heavy atom. The van der Waals surface area contributed by atoms with E-state index in [2.05, 4.69) is 10.2 Å². The van der Waals surface area contributed by atoms with Gasteiger partial charge in [-0.3, -0.25) is 10.1 Å². The van der Waals surface area contributed by atoms with Gasteiger partial charge in [0.05, 0.1) is 6.04 Å². The Morgan fingerprint density at radius 2 is 2.05 bits per heavy atom. The van der Waals surface area contributed by atoms with Crippen LogP contribution in [0, 0.1) is 5.82 Å². The number of benzene rings is 1. The number of carbonyl (C=O) groups excluding carboxylic acids is 1. The summed E-state index contributed by atoms with van der Waals surface area (Å²) in [6.45, 7) is 3.52. The second-order valence-electron chi connectivity index (χ2n) is 5.74. The molecule has 2 rings (SSSR count). The molecule has 0 saturated carbocycles. The molecule has 4 nitrogen and oxygen atoms in total. The van der Waals surface area contributed by atoms with Gasteiger partial charge >= 0.3 is 0 Å². The molecule has 0 aromatic heterocycles. The van der Waals surface area contributed by atoms with Crippen LogP contribution in [0.15, 0.2) is 24.3 Å². The zero-order valence-electron chi connectivity index (χ0n) is 13.0. The summed E-state index contributed by atoms with van der Waals surface area (Å²) in [6, 6.07) is 6.45. The smallest absolute Gasteiger partial charge is 0.241 e. The lowest BCUT2D eigenvalue weighted by atomic mass is 10.1. The minimum atomic E-state index is -0.356. The van der Waals surface area contributed by atoms with Crippen molar-refractivity contribution in [2.24, 2.45) is 0 Å². The number of hydrogen-bond donors (Lipinski definition) is 1. The molecule has 0 radical (unpaired) electrons. The third-order valence-electron chi connectivity index (χ3n) is 3.86. The van der Waals surface area contributed by atoms with Crippen LogP contribution in [-0.2, 0) is 4.79 Å². The van der Waals surface area contributed by atoms with Gasteiger partial charge in [-0.15, -0.1) is 0 Å². The molecule has 1 amide bonds. The van der Waals surface area contributed by atoms with Gasteiger partial charge in [-0.25, -0.2) is 4.39 Å². The number of carbonyl (C=O) groups is 1. The maximum Gasteiger partial charge on any atom is 0.241 e. The lowest BCUT2D eigenvalue weighted by Crippen LogP contribution is -2.33. The molecule has 1 N–H and O–H groups in total. The fraction of sp³-hybridized carbons (Fsp3) is 0.562. The van der Waals surface area contributed by atoms with Crippen LogP contribution in [0.25, 0.3) is 0 Å². The van der Waals surface area contributed by atoms with Crippen LogP contribution in [-0.4, -0.2) is 48.9 Å². The topological polar surface area (TPSA) is 35.6 Å². The SMILES string of the molecule is CCC1NC(c2ccccc2F)N(CCCN(C)C)C1=O. The molecule has 1 aliphatic heterocycles. The highest BCUT2D eigenvalue weighted by atomic mass is 19.1. The molecule has 1 aliphatic rings. The number of hydrogen-bond acceptors (Lipinski definition) is 3. The molecule has 1 aromatic carbocycles. The van der Waals surface area contributed by atoms with Crippen molar-refractivity contribution in [3.8, 4) is 0 Å². The van der Waals surface area contributed by atoms with E-state index in [4.69, 9.17) is 0 Å². The van der Waals surface area contributed by atoms with E-state index in [1.165, 1.54) is 6.07 Å². The molecule has 21 heavy (non-hydrogen) atoms. The first-order chi connectivity index (χ1) is 10.0. The van der Waals surface area contributed by atoms with Gasteiger partial charge in [-0.2, -0.15) is 0 Å². The maximum atomic E-state index is 14.0. The normalized spacial score (nSPS) is 22.3. The number of nitrogens with zero attached hydrogens (tertiary/aromatic N) is 2. The second kappa shape index (κ2) is 7.00. The van der Waals surface area contributed by atoms with Crippen LogP contribution in [0.5, 0.6) is 0 Å². The second-order valence-corrected chi connectivity index (χ2v) is 5.74. The molecule has 0 spiro atoms. The molecule has 5 heteroatoms. The Bertz CT molecular complexity index is 492. The third kappa shape index (κ3) is 3.60.